The monoisotopic (exact) mass is 554 g/mol. The van der Waals surface area contributed by atoms with Crippen molar-refractivity contribution in [2.45, 2.75) is 50.4 Å². The highest BCUT2D eigenvalue weighted by Crippen LogP contribution is 2.45. The summed E-state index contributed by atoms with van der Waals surface area (Å²) in [5, 5.41) is 22.6. The van der Waals surface area contributed by atoms with E-state index in [1.807, 2.05) is 12.1 Å². The Morgan fingerprint density at radius 2 is 1.80 bits per heavy atom. The summed E-state index contributed by atoms with van der Waals surface area (Å²) in [6.07, 6.45) is -1.36. The Balaban J connectivity index is 1.41. The van der Waals surface area contributed by atoms with E-state index >= 15 is 0 Å². The molecule has 40 heavy (non-hydrogen) atoms. The van der Waals surface area contributed by atoms with Gasteiger partial charge in [-0.1, -0.05) is 26.0 Å². The number of hydrogen-bond donors (Lipinski definition) is 3. The molecule has 1 atom stereocenters. The summed E-state index contributed by atoms with van der Waals surface area (Å²) in [5.74, 6) is -0.133. The van der Waals surface area contributed by atoms with Gasteiger partial charge in [-0.05, 0) is 47.7 Å². The van der Waals surface area contributed by atoms with Gasteiger partial charge < -0.3 is 19.9 Å². The second kappa shape index (κ2) is 10.8. The van der Waals surface area contributed by atoms with E-state index in [4.69, 9.17) is 4.74 Å². The third-order valence-corrected chi connectivity index (χ3v) is 7.57. The van der Waals surface area contributed by atoms with Gasteiger partial charge in [0, 0.05) is 60.7 Å². The largest absolute Gasteiger partial charge is 0.508 e. The van der Waals surface area contributed by atoms with Crippen LogP contribution in [0.1, 0.15) is 37.2 Å². The number of phenols is 1. The molecule has 4 aromatic rings. The highest BCUT2D eigenvalue weighted by atomic mass is 19.4. The Labute approximate surface area is 230 Å². The lowest BCUT2D eigenvalue weighted by molar-refractivity contribution is -0.266. The second-order valence-electron chi connectivity index (χ2n) is 11.2. The van der Waals surface area contributed by atoms with Crippen LogP contribution in [-0.4, -0.2) is 68.1 Å². The van der Waals surface area contributed by atoms with Crippen molar-refractivity contribution >= 4 is 10.9 Å². The highest BCUT2D eigenvalue weighted by Gasteiger charge is 2.56. The summed E-state index contributed by atoms with van der Waals surface area (Å²) < 4.78 is 48.9. The summed E-state index contributed by atoms with van der Waals surface area (Å²) in [6.45, 7) is 6.74. The molecule has 5 rings (SSSR count). The van der Waals surface area contributed by atoms with Crippen molar-refractivity contribution in [1.82, 2.24) is 19.9 Å². The van der Waals surface area contributed by atoms with Gasteiger partial charge in [-0.25, -0.2) is 0 Å². The fourth-order valence-corrected chi connectivity index (χ4v) is 5.50. The van der Waals surface area contributed by atoms with E-state index in [2.05, 4.69) is 19.9 Å². The fraction of sp³-hybridized carbons (Fsp3) is 0.400. The zero-order valence-electron chi connectivity index (χ0n) is 22.5. The third kappa shape index (κ3) is 5.99. The van der Waals surface area contributed by atoms with Gasteiger partial charge in [0.25, 0.3) is 0 Å². The molecule has 3 N–H and O–H groups in total. The van der Waals surface area contributed by atoms with E-state index in [-0.39, 0.29) is 11.4 Å². The Bertz CT molecular complexity index is 1470. The summed E-state index contributed by atoms with van der Waals surface area (Å²) >= 11 is 0. The first kappa shape index (κ1) is 28.1. The van der Waals surface area contributed by atoms with Gasteiger partial charge >= 0.3 is 6.18 Å². The average molecular weight is 555 g/mol. The third-order valence-electron chi connectivity index (χ3n) is 7.57. The maximum absolute atomic E-state index is 14.5. The molecule has 0 amide bonds. The topological polar surface area (TPSA) is 94.5 Å². The first-order valence-electron chi connectivity index (χ1n) is 13.2. The number of rotatable bonds is 8. The van der Waals surface area contributed by atoms with Gasteiger partial charge in [0.15, 0.2) is 5.60 Å². The second-order valence-corrected chi connectivity index (χ2v) is 11.2. The molecule has 0 aliphatic carbocycles. The molecule has 0 bridgehead atoms. The van der Waals surface area contributed by atoms with Crippen molar-refractivity contribution in [2.24, 2.45) is 0 Å². The SMILES string of the molecule is CC(C)(CC(O)(Cc1cc2cc(CN3CCOCC3)ncc2[nH]1)C(F)(F)F)c1cc(-c2cccnc2)ccc1O. The van der Waals surface area contributed by atoms with Crippen molar-refractivity contribution in [3.63, 3.8) is 0 Å². The maximum Gasteiger partial charge on any atom is 0.417 e. The van der Waals surface area contributed by atoms with Crippen molar-refractivity contribution in [3.8, 4) is 16.9 Å². The summed E-state index contributed by atoms with van der Waals surface area (Å²) in [7, 11) is 0. The number of alkyl halides is 3. The number of H-pyrrole nitrogens is 1. The fourth-order valence-electron chi connectivity index (χ4n) is 5.50. The van der Waals surface area contributed by atoms with Crippen molar-refractivity contribution in [2.75, 3.05) is 26.3 Å². The highest BCUT2D eigenvalue weighted by molar-refractivity contribution is 5.80. The van der Waals surface area contributed by atoms with E-state index in [1.54, 1.807) is 56.7 Å². The zero-order chi connectivity index (χ0) is 28.5. The number of fused-ring (bicyclic) bond motifs is 1. The summed E-state index contributed by atoms with van der Waals surface area (Å²) in [6, 6.07) is 11.9. The van der Waals surface area contributed by atoms with Gasteiger partial charge in [0.05, 0.1) is 30.6 Å². The lowest BCUT2D eigenvalue weighted by Gasteiger charge is -2.38. The van der Waals surface area contributed by atoms with Crippen LogP contribution in [0.15, 0.2) is 61.1 Å². The molecule has 1 aliphatic rings. The number of halogens is 3. The molecule has 1 unspecified atom stereocenters. The normalized spacial score (nSPS) is 16.8. The predicted molar refractivity (Wildman–Crippen MR) is 146 cm³/mol. The van der Waals surface area contributed by atoms with Gasteiger partial charge in [-0.15, -0.1) is 0 Å². The lowest BCUT2D eigenvalue weighted by Crippen LogP contribution is -2.50. The number of aromatic amines is 1. The molecular weight excluding hydrogens is 521 g/mol. The summed E-state index contributed by atoms with van der Waals surface area (Å²) in [4.78, 5) is 13.8. The zero-order valence-corrected chi connectivity index (χ0v) is 22.5. The average Bonchev–Trinajstić information content (AvgIpc) is 3.30. The smallest absolute Gasteiger partial charge is 0.417 e. The van der Waals surface area contributed by atoms with E-state index in [1.165, 1.54) is 6.07 Å². The molecule has 212 valence electrons. The minimum Gasteiger partial charge on any atom is -0.508 e. The number of benzene rings is 1. The van der Waals surface area contributed by atoms with Crippen molar-refractivity contribution < 1.29 is 28.1 Å². The molecule has 1 fully saturated rings. The number of nitrogens with zero attached hydrogens (tertiary/aromatic N) is 3. The number of morpholine rings is 1. The van der Waals surface area contributed by atoms with Crippen LogP contribution in [-0.2, 0) is 23.1 Å². The van der Waals surface area contributed by atoms with E-state index in [9.17, 15) is 23.4 Å². The molecule has 4 heterocycles. The minimum atomic E-state index is -4.92. The van der Waals surface area contributed by atoms with Gasteiger partial charge in [-0.2, -0.15) is 13.2 Å². The number of aromatic nitrogens is 3. The molecule has 1 aromatic carbocycles. The van der Waals surface area contributed by atoms with Gasteiger partial charge in [-0.3, -0.25) is 14.9 Å². The Morgan fingerprint density at radius 3 is 2.50 bits per heavy atom. The molecule has 3 aromatic heterocycles. The molecule has 0 spiro atoms. The Hall–Kier alpha value is -3.47. The first-order valence-corrected chi connectivity index (χ1v) is 13.2. The lowest BCUT2D eigenvalue weighted by atomic mass is 9.72. The van der Waals surface area contributed by atoms with Crippen LogP contribution in [0, 0.1) is 0 Å². The van der Waals surface area contributed by atoms with E-state index in [0.29, 0.717) is 36.4 Å². The van der Waals surface area contributed by atoms with Crippen LogP contribution in [0.4, 0.5) is 13.2 Å². The quantitative estimate of drug-likeness (QED) is 0.271. The van der Waals surface area contributed by atoms with Crippen LogP contribution in [0.3, 0.4) is 0 Å². The standard InChI is InChI=1S/C30H33F3N4O3/c1-28(2,25-14-20(5-6-27(25)38)21-4-3-7-34-16-21)19-29(39,30(31,32)33)15-23-12-22-13-24(35-17-26(22)36-23)18-37-8-10-40-11-9-37/h3-7,12-14,16-17,36,38-39H,8-11,15,18-19H2,1-2H3. The van der Waals surface area contributed by atoms with Crippen LogP contribution < -0.4 is 0 Å². The Kier molecular flexibility index (Phi) is 7.60. The summed E-state index contributed by atoms with van der Waals surface area (Å²) in [5.41, 5.74) is -0.827. The van der Waals surface area contributed by atoms with Crippen LogP contribution in [0.2, 0.25) is 0 Å². The number of aliphatic hydroxyl groups is 1. The number of phenolic OH excluding ortho intramolecular Hbond substituents is 1. The van der Waals surface area contributed by atoms with E-state index in [0.717, 1.165) is 29.7 Å². The number of pyridine rings is 2. The van der Waals surface area contributed by atoms with Crippen LogP contribution in [0.25, 0.3) is 22.0 Å². The predicted octanol–water partition coefficient (Wildman–Crippen LogP) is 5.37. The molecule has 7 nitrogen and oxygen atoms in total. The van der Waals surface area contributed by atoms with Crippen molar-refractivity contribution in [3.05, 3.63) is 78.0 Å². The number of nitrogens with one attached hydrogen (secondary N) is 1. The number of hydrogen-bond acceptors (Lipinski definition) is 6. The molecule has 0 radical (unpaired) electrons. The van der Waals surface area contributed by atoms with Gasteiger partial charge in [0.2, 0.25) is 0 Å². The molecule has 1 aliphatic heterocycles. The van der Waals surface area contributed by atoms with Crippen LogP contribution >= 0.6 is 0 Å². The van der Waals surface area contributed by atoms with E-state index < -0.39 is 30.0 Å². The molecule has 10 heteroatoms. The molecule has 0 saturated carbocycles. The van der Waals surface area contributed by atoms with Crippen LogP contribution in [0.5, 0.6) is 5.75 Å². The van der Waals surface area contributed by atoms with Crippen molar-refractivity contribution in [1.29, 1.82) is 0 Å². The van der Waals surface area contributed by atoms with Gasteiger partial charge in [0.1, 0.15) is 5.75 Å². The first-order chi connectivity index (χ1) is 18.9. The Morgan fingerprint density at radius 1 is 1.02 bits per heavy atom. The maximum atomic E-state index is 14.5. The molecule has 1 saturated heterocycles. The number of aromatic hydroxyl groups is 1. The molecular formula is C30H33F3N4O3. The minimum absolute atomic E-state index is 0.133. The number of ether oxygens (including phenoxy) is 1.